The number of fused-ring (bicyclic) bond motifs is 1. The van der Waals surface area contributed by atoms with E-state index in [1.807, 2.05) is 24.3 Å². The highest BCUT2D eigenvalue weighted by Gasteiger charge is 2.35. The van der Waals surface area contributed by atoms with Crippen LogP contribution in [0.4, 0.5) is 5.69 Å². The average Bonchev–Trinajstić information content (AvgIpc) is 3.11. The molecule has 1 amide bonds. The van der Waals surface area contributed by atoms with Gasteiger partial charge in [0.15, 0.2) is 0 Å². The Labute approximate surface area is 174 Å². The van der Waals surface area contributed by atoms with Crippen LogP contribution in [-0.2, 0) is 11.8 Å². The normalized spacial score (nSPS) is 21.0. The quantitative estimate of drug-likeness (QED) is 0.600. The summed E-state index contributed by atoms with van der Waals surface area (Å²) in [5.74, 6) is 0.758. The van der Waals surface area contributed by atoms with E-state index >= 15 is 0 Å². The molecule has 8 heteroatoms. The lowest BCUT2D eigenvalue weighted by atomic mass is 9.87. The maximum Gasteiger partial charge on any atom is 0.260 e. The number of methoxy groups -OCH3 is 1. The summed E-state index contributed by atoms with van der Waals surface area (Å²) < 4.78 is 6.65. The van der Waals surface area contributed by atoms with Gasteiger partial charge in [-0.15, -0.1) is 0 Å². The summed E-state index contributed by atoms with van der Waals surface area (Å²) in [6.07, 6.45) is 1.82. The zero-order valence-corrected chi connectivity index (χ0v) is 17.2. The van der Waals surface area contributed by atoms with E-state index in [4.69, 9.17) is 4.74 Å². The predicted octanol–water partition coefficient (Wildman–Crippen LogP) is 2.12. The molecule has 1 aromatic heterocycles. The van der Waals surface area contributed by atoms with Crippen molar-refractivity contribution in [1.29, 1.82) is 0 Å². The van der Waals surface area contributed by atoms with E-state index in [1.54, 1.807) is 32.4 Å². The van der Waals surface area contributed by atoms with Crippen LogP contribution in [0.2, 0.25) is 0 Å². The van der Waals surface area contributed by atoms with E-state index in [1.165, 1.54) is 10.9 Å². The van der Waals surface area contributed by atoms with Crippen LogP contribution in [0, 0.1) is 5.92 Å². The summed E-state index contributed by atoms with van der Waals surface area (Å²) in [6.45, 7) is 2.06. The standard InChI is InChI=1S/C22H25N5O3/c1-13-17(21(26-25-13)14-4-7-16(30-3)8-5-14)11-20(28)24-15-6-9-19-18(10-15)22(29)27(2)12-23-19/h4-10,12-13,17,21,25-26H,11H2,1-3H3,(H,24,28). The van der Waals surface area contributed by atoms with Crippen LogP contribution < -0.4 is 26.5 Å². The Kier molecular flexibility index (Phi) is 5.52. The monoisotopic (exact) mass is 407 g/mol. The highest BCUT2D eigenvalue weighted by Crippen LogP contribution is 2.32. The van der Waals surface area contributed by atoms with E-state index in [2.05, 4.69) is 28.1 Å². The minimum atomic E-state index is -0.145. The summed E-state index contributed by atoms with van der Waals surface area (Å²) in [6, 6.07) is 13.2. The molecule has 0 spiro atoms. The van der Waals surface area contributed by atoms with Crippen LogP contribution in [0.1, 0.15) is 24.9 Å². The third kappa shape index (κ3) is 3.92. The molecule has 3 N–H and O–H groups in total. The Morgan fingerprint density at radius 1 is 1.20 bits per heavy atom. The van der Waals surface area contributed by atoms with Gasteiger partial charge < -0.3 is 14.6 Å². The largest absolute Gasteiger partial charge is 0.497 e. The van der Waals surface area contributed by atoms with E-state index < -0.39 is 0 Å². The molecule has 30 heavy (non-hydrogen) atoms. The number of ether oxygens (including phenoxy) is 1. The van der Waals surface area contributed by atoms with Gasteiger partial charge in [-0.05, 0) is 42.8 Å². The summed E-state index contributed by atoms with van der Waals surface area (Å²) in [4.78, 5) is 29.3. The second-order valence-electron chi connectivity index (χ2n) is 7.64. The van der Waals surface area contributed by atoms with Crippen LogP contribution in [-0.4, -0.2) is 28.6 Å². The molecule has 0 aliphatic carbocycles. The molecular weight excluding hydrogens is 382 g/mol. The second kappa shape index (κ2) is 8.25. The molecule has 0 bridgehead atoms. The number of nitrogens with one attached hydrogen (secondary N) is 3. The SMILES string of the molecule is COc1ccc(C2NNC(C)C2CC(=O)Nc2ccc3ncn(C)c(=O)c3c2)cc1. The maximum absolute atomic E-state index is 12.8. The molecule has 3 atom stereocenters. The first-order chi connectivity index (χ1) is 14.5. The molecule has 3 aromatic rings. The summed E-state index contributed by atoms with van der Waals surface area (Å²) in [5.41, 5.74) is 8.67. The van der Waals surface area contributed by atoms with Gasteiger partial charge in [0, 0.05) is 31.1 Å². The Morgan fingerprint density at radius 3 is 2.70 bits per heavy atom. The van der Waals surface area contributed by atoms with Gasteiger partial charge in [0.05, 0.1) is 30.4 Å². The highest BCUT2D eigenvalue weighted by molar-refractivity contribution is 5.93. The molecule has 1 aliphatic rings. The fourth-order valence-electron chi connectivity index (χ4n) is 3.88. The van der Waals surface area contributed by atoms with E-state index in [0.717, 1.165) is 11.3 Å². The fraction of sp³-hybridized carbons (Fsp3) is 0.318. The molecule has 1 fully saturated rings. The van der Waals surface area contributed by atoms with Crippen molar-refractivity contribution in [2.45, 2.75) is 25.4 Å². The van der Waals surface area contributed by atoms with Gasteiger partial charge in [-0.2, -0.15) is 0 Å². The number of hydrogen-bond donors (Lipinski definition) is 3. The molecule has 2 aromatic carbocycles. The number of hydrazine groups is 1. The summed E-state index contributed by atoms with van der Waals surface area (Å²) in [7, 11) is 3.29. The number of anilines is 1. The van der Waals surface area contributed by atoms with Gasteiger partial charge in [0.2, 0.25) is 5.91 Å². The first kappa shape index (κ1) is 20.1. The van der Waals surface area contributed by atoms with Crippen molar-refractivity contribution in [2.24, 2.45) is 13.0 Å². The Bertz CT molecular complexity index is 1130. The van der Waals surface area contributed by atoms with Crippen molar-refractivity contribution in [3.63, 3.8) is 0 Å². The van der Waals surface area contributed by atoms with Gasteiger partial charge in [-0.3, -0.25) is 15.0 Å². The van der Waals surface area contributed by atoms with Gasteiger partial charge in [-0.1, -0.05) is 12.1 Å². The number of aryl methyl sites for hydroxylation is 1. The van der Waals surface area contributed by atoms with Crippen LogP contribution >= 0.6 is 0 Å². The van der Waals surface area contributed by atoms with Gasteiger partial charge in [0.25, 0.3) is 5.56 Å². The summed E-state index contributed by atoms with van der Waals surface area (Å²) >= 11 is 0. The smallest absolute Gasteiger partial charge is 0.260 e. The number of hydrogen-bond acceptors (Lipinski definition) is 6. The Hall–Kier alpha value is -3.23. The van der Waals surface area contributed by atoms with E-state index in [9.17, 15) is 9.59 Å². The lowest BCUT2D eigenvalue weighted by Crippen LogP contribution is -2.29. The predicted molar refractivity (Wildman–Crippen MR) is 115 cm³/mol. The van der Waals surface area contributed by atoms with Crippen LogP contribution in [0.3, 0.4) is 0 Å². The average molecular weight is 407 g/mol. The molecule has 0 radical (unpaired) electrons. The number of nitrogens with zero attached hydrogens (tertiary/aromatic N) is 2. The molecule has 1 saturated heterocycles. The van der Waals surface area contributed by atoms with Crippen molar-refractivity contribution in [3.8, 4) is 5.75 Å². The first-order valence-corrected chi connectivity index (χ1v) is 9.86. The molecule has 1 aliphatic heterocycles. The maximum atomic E-state index is 12.8. The summed E-state index contributed by atoms with van der Waals surface area (Å²) in [5, 5.41) is 3.41. The second-order valence-corrected chi connectivity index (χ2v) is 7.64. The minimum absolute atomic E-state index is 0.00440. The van der Waals surface area contributed by atoms with Gasteiger partial charge >= 0.3 is 0 Å². The van der Waals surface area contributed by atoms with E-state index in [0.29, 0.717) is 23.0 Å². The van der Waals surface area contributed by atoms with Crippen molar-refractivity contribution < 1.29 is 9.53 Å². The van der Waals surface area contributed by atoms with Gasteiger partial charge in [-0.25, -0.2) is 10.4 Å². The Balaban J connectivity index is 1.50. The lowest BCUT2D eigenvalue weighted by Gasteiger charge is -2.21. The zero-order valence-electron chi connectivity index (χ0n) is 17.2. The van der Waals surface area contributed by atoms with E-state index in [-0.39, 0.29) is 29.5 Å². The number of benzene rings is 2. The number of aromatic nitrogens is 2. The van der Waals surface area contributed by atoms with Crippen molar-refractivity contribution in [2.75, 3.05) is 12.4 Å². The molecule has 156 valence electrons. The molecule has 3 unspecified atom stereocenters. The fourth-order valence-corrected chi connectivity index (χ4v) is 3.88. The lowest BCUT2D eigenvalue weighted by molar-refractivity contribution is -0.117. The number of rotatable bonds is 5. The van der Waals surface area contributed by atoms with Crippen molar-refractivity contribution in [1.82, 2.24) is 20.4 Å². The molecule has 0 saturated carbocycles. The minimum Gasteiger partial charge on any atom is -0.497 e. The first-order valence-electron chi connectivity index (χ1n) is 9.86. The topological polar surface area (TPSA) is 97.3 Å². The number of amides is 1. The number of carbonyl (C=O) groups excluding carboxylic acids is 1. The Morgan fingerprint density at radius 2 is 1.97 bits per heavy atom. The molecule has 2 heterocycles. The zero-order chi connectivity index (χ0) is 21.3. The van der Waals surface area contributed by atoms with Crippen LogP contribution in [0.5, 0.6) is 5.75 Å². The molecule has 4 rings (SSSR count). The van der Waals surface area contributed by atoms with Crippen LogP contribution in [0.15, 0.2) is 53.6 Å². The third-order valence-corrected chi connectivity index (χ3v) is 5.63. The third-order valence-electron chi connectivity index (χ3n) is 5.63. The molecular formula is C22H25N5O3. The molecule has 8 nitrogen and oxygen atoms in total. The highest BCUT2D eigenvalue weighted by atomic mass is 16.5. The van der Waals surface area contributed by atoms with Crippen LogP contribution in [0.25, 0.3) is 10.9 Å². The van der Waals surface area contributed by atoms with Gasteiger partial charge in [0.1, 0.15) is 5.75 Å². The van der Waals surface area contributed by atoms with Crippen molar-refractivity contribution in [3.05, 3.63) is 64.7 Å². The number of carbonyl (C=O) groups is 1. The van der Waals surface area contributed by atoms with Crippen molar-refractivity contribution >= 4 is 22.5 Å².